The van der Waals surface area contributed by atoms with Gasteiger partial charge >= 0.3 is 6.36 Å². The van der Waals surface area contributed by atoms with E-state index in [9.17, 15) is 18.0 Å². The van der Waals surface area contributed by atoms with Crippen molar-refractivity contribution in [2.75, 3.05) is 6.54 Å². The Bertz CT molecular complexity index is 709. The molecule has 1 fully saturated rings. The average Bonchev–Trinajstić information content (AvgIpc) is 3.26. The molecule has 9 heteroatoms. The minimum Gasteiger partial charge on any atom is -0.406 e. The first-order valence-electron chi connectivity index (χ1n) is 7.37. The Morgan fingerprint density at radius 3 is 2.62 bits per heavy atom. The monoisotopic (exact) mass is 341 g/mol. The molecule has 1 aliphatic rings. The van der Waals surface area contributed by atoms with Crippen molar-refractivity contribution >= 4 is 5.91 Å². The molecule has 0 saturated heterocycles. The van der Waals surface area contributed by atoms with Crippen LogP contribution in [0, 0.1) is 0 Å². The van der Waals surface area contributed by atoms with Crippen molar-refractivity contribution in [2.45, 2.75) is 31.5 Å². The van der Waals surface area contributed by atoms with Crippen molar-refractivity contribution in [3.8, 4) is 5.75 Å². The molecule has 0 spiro atoms. The number of halogens is 3. The molecule has 0 radical (unpaired) electrons. The highest BCUT2D eigenvalue weighted by atomic mass is 19.4. The number of rotatable bonds is 6. The van der Waals surface area contributed by atoms with E-state index >= 15 is 0 Å². The number of nitrogens with zero attached hydrogens (tertiary/aromatic N) is 2. The molecule has 1 aromatic carbocycles. The summed E-state index contributed by atoms with van der Waals surface area (Å²) in [5.74, 6) is 0.749. The summed E-state index contributed by atoms with van der Waals surface area (Å²) < 4.78 is 45.0. The zero-order valence-corrected chi connectivity index (χ0v) is 12.5. The summed E-state index contributed by atoms with van der Waals surface area (Å²) in [7, 11) is 0. The second-order valence-corrected chi connectivity index (χ2v) is 5.40. The summed E-state index contributed by atoms with van der Waals surface area (Å²) in [6.07, 6.45) is -2.22. The van der Waals surface area contributed by atoms with E-state index in [1.807, 2.05) is 0 Å². The van der Waals surface area contributed by atoms with Crippen LogP contribution in [-0.4, -0.2) is 29.0 Å². The van der Waals surface area contributed by atoms with Crippen molar-refractivity contribution in [3.05, 3.63) is 41.5 Å². The van der Waals surface area contributed by atoms with Crippen LogP contribution >= 0.6 is 0 Å². The smallest absolute Gasteiger partial charge is 0.406 e. The van der Waals surface area contributed by atoms with Crippen molar-refractivity contribution < 1.29 is 27.2 Å². The Hall–Kier alpha value is -2.58. The van der Waals surface area contributed by atoms with E-state index in [1.54, 1.807) is 0 Å². The van der Waals surface area contributed by atoms with Crippen molar-refractivity contribution in [3.63, 3.8) is 0 Å². The highest BCUT2D eigenvalue weighted by Crippen LogP contribution is 2.38. The predicted molar refractivity (Wildman–Crippen MR) is 75.4 cm³/mol. The van der Waals surface area contributed by atoms with Gasteiger partial charge in [0.25, 0.3) is 5.91 Å². The molecule has 1 amide bonds. The Balaban J connectivity index is 1.47. The highest BCUT2D eigenvalue weighted by Gasteiger charge is 2.31. The van der Waals surface area contributed by atoms with E-state index < -0.39 is 12.3 Å². The molecule has 1 aromatic heterocycles. The molecule has 1 saturated carbocycles. The molecule has 2 aromatic rings. The molecule has 1 N–H and O–H groups in total. The summed E-state index contributed by atoms with van der Waals surface area (Å²) in [5, 5.41) is 6.48. The Morgan fingerprint density at radius 1 is 1.29 bits per heavy atom. The van der Waals surface area contributed by atoms with E-state index in [4.69, 9.17) is 4.52 Å². The summed E-state index contributed by atoms with van der Waals surface area (Å²) >= 11 is 0. The fraction of sp³-hybridized carbons (Fsp3) is 0.400. The summed E-state index contributed by atoms with van der Waals surface area (Å²) in [6, 6.07) is 4.69. The third-order valence-electron chi connectivity index (χ3n) is 3.39. The summed E-state index contributed by atoms with van der Waals surface area (Å²) in [4.78, 5) is 16.2. The lowest BCUT2D eigenvalue weighted by Crippen LogP contribution is -2.26. The normalized spacial score (nSPS) is 14.5. The van der Waals surface area contributed by atoms with Crippen LogP contribution < -0.4 is 10.1 Å². The molecular formula is C15H14F3N3O3. The average molecular weight is 341 g/mol. The number of benzene rings is 1. The number of carbonyl (C=O) groups excluding carboxylic acids is 1. The summed E-state index contributed by atoms with van der Waals surface area (Å²) in [6.45, 7) is 0.295. The van der Waals surface area contributed by atoms with Gasteiger partial charge in [-0.1, -0.05) is 5.16 Å². The maximum absolute atomic E-state index is 12.1. The fourth-order valence-corrected chi connectivity index (χ4v) is 2.06. The highest BCUT2D eigenvalue weighted by molar-refractivity contribution is 5.94. The molecule has 1 heterocycles. The number of amides is 1. The van der Waals surface area contributed by atoms with Crippen molar-refractivity contribution in [1.29, 1.82) is 0 Å². The van der Waals surface area contributed by atoms with Crippen LogP contribution in [0.4, 0.5) is 13.2 Å². The third-order valence-corrected chi connectivity index (χ3v) is 3.39. The van der Waals surface area contributed by atoms with Gasteiger partial charge < -0.3 is 14.6 Å². The zero-order chi connectivity index (χ0) is 17.2. The number of carbonyl (C=O) groups is 1. The molecule has 1 aliphatic carbocycles. The third kappa shape index (κ3) is 4.46. The molecule has 128 valence electrons. The number of alkyl halides is 3. The Labute approximate surface area is 135 Å². The maximum atomic E-state index is 12.1. The lowest BCUT2D eigenvalue weighted by Gasteiger charge is -2.09. The van der Waals surface area contributed by atoms with Crippen LogP contribution in [0.3, 0.4) is 0 Å². The quantitative estimate of drug-likeness (QED) is 0.874. The Kier molecular flexibility index (Phi) is 4.41. The number of nitrogens with one attached hydrogen (secondary N) is 1. The first-order chi connectivity index (χ1) is 11.4. The lowest BCUT2D eigenvalue weighted by atomic mass is 10.2. The van der Waals surface area contributed by atoms with Crippen LogP contribution in [0.25, 0.3) is 0 Å². The van der Waals surface area contributed by atoms with Crippen LogP contribution in [0.5, 0.6) is 5.75 Å². The summed E-state index contributed by atoms with van der Waals surface area (Å²) in [5.41, 5.74) is 0.233. The molecule has 0 atom stereocenters. The molecule has 24 heavy (non-hydrogen) atoms. The van der Waals surface area contributed by atoms with Gasteiger partial charge in [-0.3, -0.25) is 4.79 Å². The van der Waals surface area contributed by atoms with Crippen LogP contribution in [0.2, 0.25) is 0 Å². The number of hydrogen-bond acceptors (Lipinski definition) is 5. The van der Waals surface area contributed by atoms with E-state index in [2.05, 4.69) is 20.2 Å². The van der Waals surface area contributed by atoms with Crippen LogP contribution in [-0.2, 0) is 6.42 Å². The molecular weight excluding hydrogens is 327 g/mol. The van der Waals surface area contributed by atoms with Gasteiger partial charge in [-0.25, -0.2) is 0 Å². The van der Waals surface area contributed by atoms with Gasteiger partial charge in [0.1, 0.15) is 5.75 Å². The van der Waals surface area contributed by atoms with Gasteiger partial charge in [-0.05, 0) is 37.1 Å². The number of ether oxygens (including phenoxy) is 1. The standard InChI is InChI=1S/C15H14F3N3O3/c16-15(17,18)23-11-5-3-9(4-6-11)13(22)19-8-7-12-20-14(24-21-12)10-1-2-10/h3-6,10H,1-2,7-8H2,(H,19,22). The van der Waals surface area contributed by atoms with Crippen LogP contribution in [0.1, 0.15) is 40.8 Å². The van der Waals surface area contributed by atoms with E-state index in [-0.39, 0.29) is 11.3 Å². The van der Waals surface area contributed by atoms with Gasteiger partial charge in [0.05, 0.1) is 0 Å². The zero-order valence-electron chi connectivity index (χ0n) is 12.5. The molecule has 6 nitrogen and oxygen atoms in total. The Morgan fingerprint density at radius 2 is 2.00 bits per heavy atom. The maximum Gasteiger partial charge on any atom is 0.573 e. The van der Waals surface area contributed by atoms with Crippen molar-refractivity contribution in [2.24, 2.45) is 0 Å². The number of hydrogen-bond donors (Lipinski definition) is 1. The number of aromatic nitrogens is 2. The second-order valence-electron chi connectivity index (χ2n) is 5.40. The minimum atomic E-state index is -4.76. The minimum absolute atomic E-state index is 0.233. The molecule has 3 rings (SSSR count). The topological polar surface area (TPSA) is 77.3 Å². The predicted octanol–water partition coefficient (Wildman–Crippen LogP) is 2.82. The fourth-order valence-electron chi connectivity index (χ4n) is 2.06. The first kappa shape index (κ1) is 16.3. The van der Waals surface area contributed by atoms with Gasteiger partial charge in [0.15, 0.2) is 5.82 Å². The van der Waals surface area contributed by atoms with Gasteiger partial charge in [-0.2, -0.15) is 4.98 Å². The second kappa shape index (κ2) is 6.50. The molecule has 0 aliphatic heterocycles. The van der Waals surface area contributed by atoms with Gasteiger partial charge in [0.2, 0.25) is 5.89 Å². The van der Waals surface area contributed by atoms with Crippen LogP contribution in [0.15, 0.2) is 28.8 Å². The van der Waals surface area contributed by atoms with Gasteiger partial charge in [0, 0.05) is 24.4 Å². The SMILES string of the molecule is O=C(NCCc1noc(C2CC2)n1)c1ccc(OC(F)(F)F)cc1. The van der Waals surface area contributed by atoms with E-state index in [1.165, 1.54) is 12.1 Å². The lowest BCUT2D eigenvalue weighted by molar-refractivity contribution is -0.274. The first-order valence-corrected chi connectivity index (χ1v) is 7.37. The largest absolute Gasteiger partial charge is 0.573 e. The van der Waals surface area contributed by atoms with E-state index in [0.717, 1.165) is 25.0 Å². The van der Waals surface area contributed by atoms with Gasteiger partial charge in [-0.15, -0.1) is 13.2 Å². The molecule has 0 bridgehead atoms. The van der Waals surface area contributed by atoms with E-state index in [0.29, 0.717) is 30.6 Å². The molecule has 0 unspecified atom stereocenters. The van der Waals surface area contributed by atoms with Crippen molar-refractivity contribution in [1.82, 2.24) is 15.5 Å².